The van der Waals surface area contributed by atoms with Gasteiger partial charge in [0.25, 0.3) is 0 Å². The quantitative estimate of drug-likeness (QED) is 0.129. The molecule has 0 N–H and O–H groups in total. The van der Waals surface area contributed by atoms with E-state index in [1.807, 2.05) is 41.2 Å². The van der Waals surface area contributed by atoms with Gasteiger partial charge in [-0.2, -0.15) is 5.10 Å². The molecule has 0 aliphatic heterocycles. The van der Waals surface area contributed by atoms with Crippen molar-refractivity contribution in [3.05, 3.63) is 126 Å². The van der Waals surface area contributed by atoms with Crippen LogP contribution in [-0.2, 0) is 12.8 Å². The molecule has 0 atom stereocenters. The third-order valence-electron chi connectivity index (χ3n) is 9.95. The molecular formula is C45H48N4O2. The smallest absolute Gasteiger partial charge is 0.141 e. The number of benzene rings is 4. The number of ether oxygens (including phenoxy) is 2. The number of hydrogen-bond acceptors (Lipinski definition) is 4. The first kappa shape index (κ1) is 34.1. The maximum atomic E-state index is 6.55. The zero-order valence-electron chi connectivity index (χ0n) is 30.9. The first-order valence-corrected chi connectivity index (χ1v) is 18.2. The van der Waals surface area contributed by atoms with E-state index in [1.165, 1.54) is 33.4 Å². The van der Waals surface area contributed by atoms with Gasteiger partial charge in [0.1, 0.15) is 23.1 Å². The highest BCUT2D eigenvalue weighted by atomic mass is 16.5. The SMILES string of the molecule is COc1ccnc(-n2c3ccccc3c3ccc(Oc4cccc(-n5cc(-c6c(CCC(C)C)c(C)cc(C)c6CCC(C)C)cn5)c4)cc32)c1. The van der Waals surface area contributed by atoms with E-state index in [9.17, 15) is 0 Å². The van der Waals surface area contributed by atoms with E-state index in [4.69, 9.17) is 19.6 Å². The van der Waals surface area contributed by atoms with Crippen molar-refractivity contribution in [2.45, 2.75) is 67.2 Å². The molecule has 0 bridgehead atoms. The number of fused-ring (bicyclic) bond motifs is 3. The zero-order valence-corrected chi connectivity index (χ0v) is 30.9. The highest BCUT2D eigenvalue weighted by molar-refractivity contribution is 6.09. The molecule has 0 unspecified atom stereocenters. The summed E-state index contributed by atoms with van der Waals surface area (Å²) in [6.07, 6.45) is 10.5. The van der Waals surface area contributed by atoms with Gasteiger partial charge in [0.05, 0.1) is 30.0 Å². The predicted molar refractivity (Wildman–Crippen MR) is 210 cm³/mol. The Kier molecular flexibility index (Phi) is 9.68. The number of nitrogens with zero attached hydrogens (tertiary/aromatic N) is 4. The van der Waals surface area contributed by atoms with Crippen LogP contribution < -0.4 is 9.47 Å². The summed E-state index contributed by atoms with van der Waals surface area (Å²) >= 11 is 0. The van der Waals surface area contributed by atoms with Crippen LogP contribution in [0.4, 0.5) is 0 Å². The van der Waals surface area contributed by atoms with Gasteiger partial charge in [-0.05, 0) is 116 Å². The van der Waals surface area contributed by atoms with Gasteiger partial charge < -0.3 is 9.47 Å². The van der Waals surface area contributed by atoms with Gasteiger partial charge in [-0.1, -0.05) is 58.0 Å². The van der Waals surface area contributed by atoms with Crippen molar-refractivity contribution < 1.29 is 9.47 Å². The second-order valence-corrected chi connectivity index (χ2v) is 14.6. The molecule has 260 valence electrons. The van der Waals surface area contributed by atoms with E-state index in [0.717, 1.165) is 76.2 Å². The van der Waals surface area contributed by atoms with Crippen LogP contribution >= 0.6 is 0 Å². The topological polar surface area (TPSA) is 54.1 Å². The number of methoxy groups -OCH3 is 1. The van der Waals surface area contributed by atoms with Crippen molar-refractivity contribution in [2.24, 2.45) is 11.8 Å². The molecule has 3 aromatic heterocycles. The molecule has 3 heterocycles. The molecule has 0 radical (unpaired) electrons. The molecule has 0 spiro atoms. The van der Waals surface area contributed by atoms with Crippen LogP contribution in [0.2, 0.25) is 0 Å². The lowest BCUT2D eigenvalue weighted by Crippen LogP contribution is -2.05. The number of rotatable bonds is 12. The molecule has 6 nitrogen and oxygen atoms in total. The van der Waals surface area contributed by atoms with E-state index in [0.29, 0.717) is 11.8 Å². The van der Waals surface area contributed by atoms with Gasteiger partial charge in [-0.3, -0.25) is 4.57 Å². The second-order valence-electron chi connectivity index (χ2n) is 14.6. The Bertz CT molecular complexity index is 2290. The number of aryl methyl sites for hydroxylation is 2. The van der Waals surface area contributed by atoms with Gasteiger partial charge in [-0.15, -0.1) is 0 Å². The molecule has 0 saturated carbocycles. The lowest BCUT2D eigenvalue weighted by Gasteiger charge is -2.21. The lowest BCUT2D eigenvalue weighted by molar-refractivity contribution is 0.414. The molecule has 0 saturated heterocycles. The molecule has 7 aromatic rings. The van der Waals surface area contributed by atoms with Gasteiger partial charge in [0.15, 0.2) is 0 Å². The van der Waals surface area contributed by atoms with Crippen molar-refractivity contribution in [1.29, 1.82) is 0 Å². The van der Waals surface area contributed by atoms with Crippen LogP contribution in [0.3, 0.4) is 0 Å². The zero-order chi connectivity index (χ0) is 35.6. The average Bonchev–Trinajstić information content (AvgIpc) is 3.74. The molecule has 0 amide bonds. The Morgan fingerprint density at radius 2 is 1.39 bits per heavy atom. The van der Waals surface area contributed by atoms with Crippen molar-refractivity contribution in [3.8, 4) is 39.9 Å². The largest absolute Gasteiger partial charge is 0.497 e. The van der Waals surface area contributed by atoms with Gasteiger partial charge in [0, 0.05) is 46.9 Å². The summed E-state index contributed by atoms with van der Waals surface area (Å²) in [5.41, 5.74) is 11.3. The Labute approximate surface area is 301 Å². The Morgan fingerprint density at radius 1 is 0.686 bits per heavy atom. The van der Waals surface area contributed by atoms with Crippen LogP contribution in [0, 0.1) is 25.7 Å². The maximum Gasteiger partial charge on any atom is 0.141 e. The van der Waals surface area contributed by atoms with Crippen LogP contribution in [0.5, 0.6) is 17.2 Å². The predicted octanol–water partition coefficient (Wildman–Crippen LogP) is 11.6. The standard InChI is InChI=1S/C45H48N4O2/c1-29(2)15-18-38-31(5)23-32(6)39(19-16-30(3)4)45(38)33-27-47-48(28-33)34-11-10-12-36(24-34)51-37-17-20-41-40-13-8-9-14-42(40)49(43(41)25-37)44-26-35(50-7)21-22-46-44/h8-14,17,20-30H,15-16,18-19H2,1-7H3. The van der Waals surface area contributed by atoms with Gasteiger partial charge in [-0.25, -0.2) is 9.67 Å². The molecule has 6 heteroatoms. The van der Waals surface area contributed by atoms with Crippen LogP contribution in [0.25, 0.3) is 44.4 Å². The Balaban J connectivity index is 1.24. The molecule has 4 aromatic carbocycles. The van der Waals surface area contributed by atoms with E-state index < -0.39 is 0 Å². The highest BCUT2D eigenvalue weighted by Crippen LogP contribution is 2.37. The van der Waals surface area contributed by atoms with E-state index >= 15 is 0 Å². The summed E-state index contributed by atoms with van der Waals surface area (Å²) in [5.74, 6) is 4.32. The minimum absolute atomic E-state index is 0.644. The molecule has 51 heavy (non-hydrogen) atoms. The monoisotopic (exact) mass is 676 g/mol. The third-order valence-corrected chi connectivity index (χ3v) is 9.95. The number of hydrogen-bond donors (Lipinski definition) is 0. The Morgan fingerprint density at radius 3 is 2.12 bits per heavy atom. The fourth-order valence-electron chi connectivity index (χ4n) is 7.26. The second kappa shape index (κ2) is 14.5. The summed E-state index contributed by atoms with van der Waals surface area (Å²) in [5, 5.41) is 7.20. The molecule has 0 fully saturated rings. The number of aromatic nitrogens is 4. The summed E-state index contributed by atoms with van der Waals surface area (Å²) < 4.78 is 16.2. The minimum Gasteiger partial charge on any atom is -0.497 e. The van der Waals surface area contributed by atoms with E-state index in [1.54, 1.807) is 13.3 Å². The summed E-state index contributed by atoms with van der Waals surface area (Å²) in [6.45, 7) is 13.8. The molecular weight excluding hydrogens is 629 g/mol. The maximum absolute atomic E-state index is 6.55. The first-order chi connectivity index (χ1) is 24.7. The van der Waals surface area contributed by atoms with E-state index in [2.05, 4.69) is 107 Å². The summed E-state index contributed by atoms with van der Waals surface area (Å²) in [4.78, 5) is 4.70. The average molecular weight is 677 g/mol. The fourth-order valence-corrected chi connectivity index (χ4v) is 7.26. The van der Waals surface area contributed by atoms with Crippen LogP contribution in [-0.4, -0.2) is 26.4 Å². The van der Waals surface area contributed by atoms with E-state index in [-0.39, 0.29) is 0 Å². The molecule has 7 rings (SSSR count). The minimum atomic E-state index is 0.644. The van der Waals surface area contributed by atoms with Crippen LogP contribution in [0.1, 0.15) is 62.8 Å². The summed E-state index contributed by atoms with van der Waals surface area (Å²) in [7, 11) is 1.68. The third kappa shape index (κ3) is 7.01. The normalized spacial score (nSPS) is 11.7. The first-order valence-electron chi connectivity index (χ1n) is 18.2. The van der Waals surface area contributed by atoms with Gasteiger partial charge in [0.2, 0.25) is 0 Å². The highest BCUT2D eigenvalue weighted by Gasteiger charge is 2.19. The van der Waals surface area contributed by atoms with Crippen LogP contribution in [0.15, 0.2) is 104 Å². The fraction of sp³-hybridized carbons (Fsp3) is 0.289. The molecule has 0 aliphatic rings. The van der Waals surface area contributed by atoms with Crippen molar-refractivity contribution >= 4 is 21.8 Å². The molecule has 0 aliphatic carbocycles. The Hall–Kier alpha value is -5.36. The van der Waals surface area contributed by atoms with Crippen molar-refractivity contribution in [1.82, 2.24) is 19.3 Å². The summed E-state index contributed by atoms with van der Waals surface area (Å²) in [6, 6.07) is 29.0. The van der Waals surface area contributed by atoms with Crippen molar-refractivity contribution in [2.75, 3.05) is 7.11 Å². The lowest BCUT2D eigenvalue weighted by atomic mass is 9.84. The number of pyridine rings is 1. The van der Waals surface area contributed by atoms with Crippen molar-refractivity contribution in [3.63, 3.8) is 0 Å². The number of para-hydroxylation sites is 1. The van der Waals surface area contributed by atoms with Gasteiger partial charge >= 0.3 is 0 Å².